The summed E-state index contributed by atoms with van der Waals surface area (Å²) >= 11 is 0. The molecule has 0 bridgehead atoms. The molecule has 10 aromatic carbocycles. The number of anilines is 3. The zero-order valence-electron chi connectivity index (χ0n) is 38.8. The van der Waals surface area contributed by atoms with Crippen LogP contribution in [-0.2, 0) is 16.2 Å². The van der Waals surface area contributed by atoms with Gasteiger partial charge < -0.3 is 4.90 Å². The minimum absolute atomic E-state index is 0.223. The topological polar surface area (TPSA) is 3.24 Å². The van der Waals surface area contributed by atoms with Crippen molar-refractivity contribution in [1.29, 1.82) is 0 Å². The van der Waals surface area contributed by atoms with Crippen molar-refractivity contribution in [3.63, 3.8) is 0 Å². The highest BCUT2D eigenvalue weighted by Crippen LogP contribution is 2.68. The Morgan fingerprint density at radius 2 is 0.706 bits per heavy atom. The molecule has 0 atom stereocenters. The third-order valence-electron chi connectivity index (χ3n) is 16.3. The minimum Gasteiger partial charge on any atom is -0.310 e. The Hall–Kier alpha value is -8.00. The maximum atomic E-state index is 2.64. The fourth-order valence-electron chi connectivity index (χ4n) is 13.3. The Labute approximate surface area is 399 Å². The van der Waals surface area contributed by atoms with Crippen LogP contribution in [-0.4, -0.2) is 0 Å². The van der Waals surface area contributed by atoms with E-state index >= 15 is 0 Å². The zero-order valence-corrected chi connectivity index (χ0v) is 38.8. The van der Waals surface area contributed by atoms with Gasteiger partial charge in [0, 0.05) is 27.9 Å². The average molecular weight is 868 g/mol. The van der Waals surface area contributed by atoms with Crippen molar-refractivity contribution in [2.24, 2.45) is 0 Å². The van der Waals surface area contributed by atoms with Crippen LogP contribution in [0, 0.1) is 0 Å². The van der Waals surface area contributed by atoms with Gasteiger partial charge >= 0.3 is 0 Å². The summed E-state index contributed by atoms with van der Waals surface area (Å²) in [5.41, 5.74) is 29.4. The minimum atomic E-state index is -0.445. The number of rotatable bonds is 5. The Kier molecular flexibility index (Phi) is 8.08. The van der Waals surface area contributed by atoms with Crippen molar-refractivity contribution in [2.75, 3.05) is 4.90 Å². The second-order valence-electron chi connectivity index (χ2n) is 20.4. The molecule has 68 heavy (non-hydrogen) atoms. The molecule has 322 valence electrons. The molecule has 0 unspecified atom stereocenters. The van der Waals surface area contributed by atoms with E-state index in [9.17, 15) is 0 Å². The molecule has 4 aliphatic carbocycles. The highest BCUT2D eigenvalue weighted by molar-refractivity contribution is 6.06. The van der Waals surface area contributed by atoms with Gasteiger partial charge in [-0.15, -0.1) is 0 Å². The first-order valence-electron chi connectivity index (χ1n) is 24.2. The Bertz CT molecular complexity index is 3680. The number of hydrogen-bond acceptors (Lipinski definition) is 1. The highest BCUT2D eigenvalue weighted by Gasteiger charge is 2.54. The summed E-state index contributed by atoms with van der Waals surface area (Å²) in [4.78, 5) is 2.40. The third kappa shape index (κ3) is 5.11. The van der Waals surface area contributed by atoms with Crippen LogP contribution < -0.4 is 4.90 Å². The van der Waals surface area contributed by atoms with Gasteiger partial charge in [0.15, 0.2) is 0 Å². The third-order valence-corrected chi connectivity index (χ3v) is 16.3. The lowest BCUT2D eigenvalue weighted by atomic mass is 9.69. The molecule has 0 saturated heterocycles. The Morgan fingerprint density at radius 1 is 0.265 bits per heavy atom. The van der Waals surface area contributed by atoms with Gasteiger partial charge in [0.05, 0.1) is 5.41 Å². The molecule has 0 saturated carbocycles. The Balaban J connectivity index is 0.960. The van der Waals surface area contributed by atoms with E-state index in [1.165, 1.54) is 111 Å². The second-order valence-corrected chi connectivity index (χ2v) is 20.4. The van der Waals surface area contributed by atoms with Crippen molar-refractivity contribution in [1.82, 2.24) is 0 Å². The molecule has 1 spiro atoms. The fourth-order valence-corrected chi connectivity index (χ4v) is 13.3. The summed E-state index contributed by atoms with van der Waals surface area (Å²) in [5.74, 6) is 0. The van der Waals surface area contributed by atoms with Gasteiger partial charge in [-0.2, -0.15) is 0 Å². The number of nitrogens with zero attached hydrogens (tertiary/aromatic N) is 1. The first kappa shape index (κ1) is 39.2. The predicted octanol–water partition coefficient (Wildman–Crippen LogP) is 17.4. The zero-order chi connectivity index (χ0) is 45.5. The molecule has 14 rings (SSSR count). The van der Waals surface area contributed by atoms with Gasteiger partial charge in [-0.3, -0.25) is 0 Å². The van der Waals surface area contributed by atoms with E-state index in [0.29, 0.717) is 0 Å². The van der Waals surface area contributed by atoms with Gasteiger partial charge in [-0.1, -0.05) is 204 Å². The molecule has 0 fully saturated rings. The van der Waals surface area contributed by atoms with Gasteiger partial charge in [0.2, 0.25) is 0 Å². The summed E-state index contributed by atoms with van der Waals surface area (Å²) in [5, 5.41) is 0. The lowest BCUT2D eigenvalue weighted by Crippen LogP contribution is -2.26. The monoisotopic (exact) mass is 867 g/mol. The van der Waals surface area contributed by atoms with Gasteiger partial charge in [-0.25, -0.2) is 0 Å². The standard InChI is InChI=1S/C67H49N/c1-65(2)59-39-44(33-37-50(59)51-38-36-47(40-60(51)65)68(45-21-9-6-10-22-45)46-34-31-43(32-35-46)42-19-7-5-8-20-42)54-41-61-62(63-52-25-13-15-27-55(52)66(3,4)64(54)63)53-26-14-18-30-58(53)67(61)56-28-16-11-23-48(56)49-24-12-17-29-57(49)67/h5-41H,1-4H3. The molecule has 4 aliphatic rings. The van der Waals surface area contributed by atoms with E-state index in [0.717, 1.165) is 17.1 Å². The number of hydrogen-bond donors (Lipinski definition) is 0. The van der Waals surface area contributed by atoms with Crippen LogP contribution in [0.2, 0.25) is 0 Å². The molecule has 0 heterocycles. The smallest absolute Gasteiger partial charge is 0.0725 e. The Morgan fingerprint density at radius 3 is 1.35 bits per heavy atom. The maximum absolute atomic E-state index is 2.64. The molecule has 1 nitrogen and oxygen atoms in total. The van der Waals surface area contributed by atoms with Crippen LogP contribution in [0.15, 0.2) is 224 Å². The van der Waals surface area contributed by atoms with Crippen molar-refractivity contribution in [2.45, 2.75) is 43.9 Å². The molecular formula is C67H49N. The van der Waals surface area contributed by atoms with Crippen LogP contribution in [0.4, 0.5) is 17.1 Å². The van der Waals surface area contributed by atoms with E-state index in [4.69, 9.17) is 0 Å². The van der Waals surface area contributed by atoms with E-state index < -0.39 is 5.41 Å². The summed E-state index contributed by atoms with van der Waals surface area (Å²) in [6.07, 6.45) is 0. The van der Waals surface area contributed by atoms with E-state index in [1.807, 2.05) is 0 Å². The van der Waals surface area contributed by atoms with Crippen LogP contribution in [0.1, 0.15) is 72.2 Å². The van der Waals surface area contributed by atoms with Crippen LogP contribution in [0.5, 0.6) is 0 Å². The van der Waals surface area contributed by atoms with Crippen molar-refractivity contribution in [3.05, 3.63) is 269 Å². The number of benzene rings is 10. The van der Waals surface area contributed by atoms with E-state index in [2.05, 4.69) is 257 Å². The van der Waals surface area contributed by atoms with Crippen molar-refractivity contribution in [3.8, 4) is 66.8 Å². The molecule has 0 aliphatic heterocycles. The SMILES string of the molecule is CC1(C)c2cc(-c3cc4c(c5c3C(C)(C)c3ccccc3-5)-c3ccccc3C43c4ccccc4-c4ccccc43)ccc2-c2ccc(N(c3ccccc3)c3ccc(-c4ccccc4)cc3)cc21. The number of para-hydroxylation sites is 1. The highest BCUT2D eigenvalue weighted by atomic mass is 15.1. The van der Waals surface area contributed by atoms with Crippen molar-refractivity contribution < 1.29 is 0 Å². The fraction of sp³-hybridized carbons (Fsp3) is 0.104. The van der Waals surface area contributed by atoms with Crippen molar-refractivity contribution >= 4 is 17.1 Å². The van der Waals surface area contributed by atoms with E-state index in [-0.39, 0.29) is 10.8 Å². The molecule has 0 radical (unpaired) electrons. The first-order valence-corrected chi connectivity index (χ1v) is 24.2. The van der Waals surface area contributed by atoms with Crippen LogP contribution in [0.25, 0.3) is 66.8 Å². The molecular weight excluding hydrogens is 819 g/mol. The average Bonchev–Trinajstić information content (AvgIpc) is 4.02. The quantitative estimate of drug-likeness (QED) is 0.167. The summed E-state index contributed by atoms with van der Waals surface area (Å²) < 4.78 is 0. The molecule has 0 amide bonds. The summed E-state index contributed by atoms with van der Waals surface area (Å²) in [7, 11) is 0. The predicted molar refractivity (Wildman–Crippen MR) is 283 cm³/mol. The van der Waals surface area contributed by atoms with Gasteiger partial charge in [0.25, 0.3) is 0 Å². The normalized spacial score (nSPS) is 15.1. The lowest BCUT2D eigenvalue weighted by Gasteiger charge is -2.32. The summed E-state index contributed by atoms with van der Waals surface area (Å²) in [6.45, 7) is 9.76. The molecule has 1 heteroatoms. The first-order chi connectivity index (χ1) is 33.3. The lowest BCUT2D eigenvalue weighted by molar-refractivity contribution is 0.658. The van der Waals surface area contributed by atoms with E-state index in [1.54, 1.807) is 0 Å². The van der Waals surface area contributed by atoms with Gasteiger partial charge in [0.1, 0.15) is 0 Å². The summed E-state index contributed by atoms with van der Waals surface area (Å²) in [6, 6.07) is 84.5. The molecule has 10 aromatic rings. The van der Waals surface area contributed by atoms with Crippen LogP contribution >= 0.6 is 0 Å². The molecule has 0 aromatic heterocycles. The second kappa shape index (κ2) is 14.0. The molecule has 0 N–H and O–H groups in total. The number of fused-ring (bicyclic) bond motifs is 17. The van der Waals surface area contributed by atoms with Gasteiger partial charge in [-0.05, 0) is 160 Å². The largest absolute Gasteiger partial charge is 0.310 e. The maximum Gasteiger partial charge on any atom is 0.0725 e. The van der Waals surface area contributed by atoms with Crippen LogP contribution in [0.3, 0.4) is 0 Å².